The summed E-state index contributed by atoms with van der Waals surface area (Å²) in [5.41, 5.74) is 3.11. The number of hydrogen-bond donors (Lipinski definition) is 0. The maximum absolute atomic E-state index is 13.3. The van der Waals surface area contributed by atoms with Crippen molar-refractivity contribution in [3.8, 4) is 11.4 Å². The predicted octanol–water partition coefficient (Wildman–Crippen LogP) is 3.18. The maximum Gasteiger partial charge on any atom is 0.275 e. The molecule has 0 unspecified atom stereocenters. The van der Waals surface area contributed by atoms with Crippen LogP contribution in [0.4, 0.5) is 8.78 Å². The zero-order chi connectivity index (χ0) is 24.7. The van der Waals surface area contributed by atoms with Crippen molar-refractivity contribution in [2.24, 2.45) is 7.05 Å². The zero-order valence-electron chi connectivity index (χ0n) is 19.4. The van der Waals surface area contributed by atoms with Gasteiger partial charge in [0, 0.05) is 50.0 Å². The van der Waals surface area contributed by atoms with Gasteiger partial charge in [0.1, 0.15) is 30.5 Å². The average molecular weight is 482 g/mol. The van der Waals surface area contributed by atoms with Gasteiger partial charge in [-0.15, -0.1) is 0 Å². The van der Waals surface area contributed by atoms with Gasteiger partial charge in [-0.25, -0.2) is 13.8 Å². The van der Waals surface area contributed by atoms with E-state index in [2.05, 4.69) is 4.98 Å². The molecule has 0 radical (unpaired) electrons. The third-order valence-electron chi connectivity index (χ3n) is 6.30. The first-order valence-corrected chi connectivity index (χ1v) is 11.3. The van der Waals surface area contributed by atoms with E-state index in [4.69, 9.17) is 4.74 Å². The second kappa shape index (κ2) is 9.01. The Balaban J connectivity index is 1.43. The highest BCUT2D eigenvalue weighted by atomic mass is 19.1. The summed E-state index contributed by atoms with van der Waals surface area (Å²) in [4.78, 5) is 32.2. The topological polar surface area (TPSA) is 74.3 Å². The highest BCUT2D eigenvalue weighted by molar-refractivity contribution is 5.94. The fraction of sp³-hybridized carbons (Fsp3) is 0.320. The minimum absolute atomic E-state index is 0.235. The Hall–Kier alpha value is -3.95. The molecule has 0 spiro atoms. The van der Waals surface area contributed by atoms with Crippen molar-refractivity contribution in [2.45, 2.75) is 26.1 Å². The number of halogens is 2. The summed E-state index contributed by atoms with van der Waals surface area (Å²) >= 11 is 0. The second-order valence-electron chi connectivity index (χ2n) is 8.70. The van der Waals surface area contributed by atoms with E-state index in [1.165, 1.54) is 4.57 Å². The van der Waals surface area contributed by atoms with Crippen LogP contribution < -0.4 is 10.3 Å². The van der Waals surface area contributed by atoms with Crippen LogP contribution in [0.15, 0.2) is 53.8 Å². The fourth-order valence-electron chi connectivity index (χ4n) is 4.51. The van der Waals surface area contributed by atoms with E-state index in [0.29, 0.717) is 36.8 Å². The van der Waals surface area contributed by atoms with Crippen molar-refractivity contribution in [3.05, 3.63) is 76.4 Å². The Morgan fingerprint density at radius 3 is 2.60 bits per heavy atom. The number of nitrogens with zero attached hydrogens (tertiary/aromatic N) is 5. The number of carbonyl (C=O) groups is 1. The summed E-state index contributed by atoms with van der Waals surface area (Å²) in [7, 11) is 1.89. The number of aryl methyl sites for hydroxylation is 2. The molecule has 5 rings (SSSR count). The van der Waals surface area contributed by atoms with Crippen molar-refractivity contribution in [2.75, 3.05) is 19.9 Å². The Morgan fingerprint density at radius 2 is 1.89 bits per heavy atom. The third-order valence-corrected chi connectivity index (χ3v) is 6.30. The van der Waals surface area contributed by atoms with Gasteiger partial charge in [0.05, 0.1) is 12.0 Å². The van der Waals surface area contributed by atoms with Crippen LogP contribution in [0.2, 0.25) is 0 Å². The minimum atomic E-state index is -1.14. The predicted molar refractivity (Wildman–Crippen MR) is 127 cm³/mol. The van der Waals surface area contributed by atoms with Gasteiger partial charge in [0.15, 0.2) is 6.10 Å². The zero-order valence-corrected chi connectivity index (χ0v) is 19.4. The largest absolute Gasteiger partial charge is 0.485 e. The number of aromatic nitrogens is 4. The molecule has 0 atom stereocenters. The number of imidazole rings is 1. The highest BCUT2D eigenvalue weighted by Crippen LogP contribution is 2.28. The molecule has 0 fully saturated rings. The van der Waals surface area contributed by atoms with Gasteiger partial charge in [0.2, 0.25) is 0 Å². The number of fused-ring (bicyclic) bond motifs is 2. The number of ether oxygens (including phenoxy) is 1. The van der Waals surface area contributed by atoms with Crippen LogP contribution in [0.3, 0.4) is 0 Å². The molecule has 0 bridgehead atoms. The lowest BCUT2D eigenvalue weighted by molar-refractivity contribution is 0.0687. The van der Waals surface area contributed by atoms with Crippen molar-refractivity contribution >= 4 is 16.8 Å². The van der Waals surface area contributed by atoms with E-state index in [1.54, 1.807) is 46.3 Å². The van der Waals surface area contributed by atoms with E-state index >= 15 is 0 Å². The molecule has 3 aromatic heterocycles. The number of benzene rings is 1. The smallest absolute Gasteiger partial charge is 0.275 e. The van der Waals surface area contributed by atoms with Gasteiger partial charge in [-0.3, -0.25) is 9.59 Å². The molecule has 35 heavy (non-hydrogen) atoms. The standard InChI is InChI=1S/C25H25F2N5O3/c1-16-12-31(15-28-16)22-5-6-23-24(33)30(7-8-32(23)25(22)34)14-17-13-29(2)21-4-3-18(9-20(17)21)35-19(10-26)11-27/h3-6,9,12-13,15,19H,7-8,10-11,14H2,1-2H3. The number of amides is 1. The first-order valence-electron chi connectivity index (χ1n) is 11.3. The van der Waals surface area contributed by atoms with Gasteiger partial charge in [0.25, 0.3) is 11.5 Å². The van der Waals surface area contributed by atoms with E-state index in [9.17, 15) is 18.4 Å². The summed E-state index contributed by atoms with van der Waals surface area (Å²) in [6.07, 6.45) is 4.13. The summed E-state index contributed by atoms with van der Waals surface area (Å²) in [5, 5.41) is 0.836. The Morgan fingerprint density at radius 1 is 1.09 bits per heavy atom. The number of carbonyl (C=O) groups excluding carboxylic acids is 1. The van der Waals surface area contributed by atoms with Crippen molar-refractivity contribution in [3.63, 3.8) is 0 Å². The van der Waals surface area contributed by atoms with Crippen molar-refractivity contribution in [1.82, 2.24) is 23.6 Å². The lowest BCUT2D eigenvalue weighted by Gasteiger charge is -2.29. The number of pyridine rings is 1. The van der Waals surface area contributed by atoms with Crippen LogP contribution in [0, 0.1) is 6.92 Å². The molecule has 182 valence electrons. The molecule has 1 aliphatic rings. The molecule has 4 aromatic rings. The first kappa shape index (κ1) is 22.8. The quantitative estimate of drug-likeness (QED) is 0.407. The third kappa shape index (κ3) is 4.09. The van der Waals surface area contributed by atoms with Crippen LogP contribution in [0.5, 0.6) is 5.75 Å². The summed E-state index contributed by atoms with van der Waals surface area (Å²) in [5.74, 6) is 0.135. The number of rotatable bonds is 7. The summed E-state index contributed by atoms with van der Waals surface area (Å²) in [6.45, 7) is 1.08. The molecule has 1 aromatic carbocycles. The van der Waals surface area contributed by atoms with Crippen LogP contribution in [-0.2, 0) is 20.1 Å². The molecule has 8 nitrogen and oxygen atoms in total. The SMILES string of the molecule is Cc1cn(-c2ccc3n(c2=O)CCN(Cc2cn(C)c4ccc(OC(CF)CF)cc24)C3=O)cn1. The molecular weight excluding hydrogens is 456 g/mol. The number of hydrogen-bond acceptors (Lipinski definition) is 4. The number of alkyl halides is 2. The van der Waals surface area contributed by atoms with Crippen LogP contribution >= 0.6 is 0 Å². The molecule has 10 heteroatoms. The molecule has 0 N–H and O–H groups in total. The maximum atomic E-state index is 13.3. The van der Waals surface area contributed by atoms with E-state index in [0.717, 1.165) is 22.2 Å². The molecule has 1 aliphatic heterocycles. The monoisotopic (exact) mass is 481 g/mol. The molecule has 0 saturated heterocycles. The van der Waals surface area contributed by atoms with Crippen LogP contribution in [-0.4, -0.2) is 55.5 Å². The molecule has 0 aliphatic carbocycles. The average Bonchev–Trinajstić information content (AvgIpc) is 3.42. The lowest BCUT2D eigenvalue weighted by atomic mass is 10.1. The van der Waals surface area contributed by atoms with Crippen molar-refractivity contribution in [1.29, 1.82) is 0 Å². The molecule has 4 heterocycles. The van der Waals surface area contributed by atoms with Crippen LogP contribution in [0.25, 0.3) is 16.6 Å². The van der Waals surface area contributed by atoms with Gasteiger partial charge in [-0.05, 0) is 42.8 Å². The minimum Gasteiger partial charge on any atom is -0.485 e. The molecular formula is C25H25F2N5O3. The molecule has 0 saturated carbocycles. The van der Waals surface area contributed by atoms with E-state index < -0.39 is 19.5 Å². The Kier molecular flexibility index (Phi) is 5.88. The second-order valence-corrected chi connectivity index (χ2v) is 8.70. The summed E-state index contributed by atoms with van der Waals surface area (Å²) in [6, 6.07) is 8.57. The van der Waals surface area contributed by atoms with Gasteiger partial charge in [-0.2, -0.15) is 0 Å². The van der Waals surface area contributed by atoms with Gasteiger partial charge in [-0.1, -0.05) is 0 Å². The highest BCUT2D eigenvalue weighted by Gasteiger charge is 2.27. The van der Waals surface area contributed by atoms with Gasteiger partial charge < -0.3 is 23.3 Å². The lowest BCUT2D eigenvalue weighted by Crippen LogP contribution is -2.44. The van der Waals surface area contributed by atoms with E-state index in [1.807, 2.05) is 30.8 Å². The Labute approximate surface area is 200 Å². The van der Waals surface area contributed by atoms with Gasteiger partial charge >= 0.3 is 0 Å². The normalized spacial score (nSPS) is 13.6. The first-order chi connectivity index (χ1) is 16.9. The summed E-state index contributed by atoms with van der Waals surface area (Å²) < 4.78 is 36.4. The van der Waals surface area contributed by atoms with E-state index in [-0.39, 0.29) is 11.5 Å². The van der Waals surface area contributed by atoms with Crippen LogP contribution in [0.1, 0.15) is 21.7 Å². The molecule has 1 amide bonds. The Bertz CT molecular complexity index is 1470. The van der Waals surface area contributed by atoms with Crippen molar-refractivity contribution < 1.29 is 18.3 Å². The fourth-order valence-corrected chi connectivity index (χ4v) is 4.51.